The van der Waals surface area contributed by atoms with Crippen LogP contribution in [-0.4, -0.2) is 21.4 Å². The van der Waals surface area contributed by atoms with Crippen molar-refractivity contribution >= 4 is 31.9 Å². The number of ether oxygens (including phenoxy) is 1. The first-order valence-electron chi connectivity index (χ1n) is 3.78. The van der Waals surface area contributed by atoms with E-state index in [1.54, 1.807) is 0 Å². The summed E-state index contributed by atoms with van der Waals surface area (Å²) in [7, 11) is 0. The number of allylic oxidation sites excluding steroid dienone is 1. The molecule has 3 heteroatoms. The van der Waals surface area contributed by atoms with E-state index in [1.165, 1.54) is 0 Å². The first-order valence-corrected chi connectivity index (χ1v) is 5.48. The van der Waals surface area contributed by atoms with Crippen LogP contribution in [0.1, 0.15) is 12.8 Å². The number of rotatable bonds is 1. The molecule has 0 amide bonds. The zero-order valence-corrected chi connectivity index (χ0v) is 9.27. The zero-order valence-electron chi connectivity index (χ0n) is 6.09. The van der Waals surface area contributed by atoms with Crippen molar-refractivity contribution in [3.05, 3.63) is 12.7 Å². The first kappa shape index (κ1) is 8.27. The molecule has 0 radical (unpaired) electrons. The molecule has 1 aliphatic carbocycles. The largest absolute Gasteiger partial charge is 0.369 e. The smallest absolute Gasteiger partial charge is 0.0859 e. The number of halogens is 2. The van der Waals surface area contributed by atoms with Crippen molar-refractivity contribution in [3.63, 3.8) is 0 Å². The van der Waals surface area contributed by atoms with Crippen molar-refractivity contribution < 1.29 is 4.74 Å². The van der Waals surface area contributed by atoms with Gasteiger partial charge in [-0.15, -0.1) is 6.58 Å². The Labute approximate surface area is 83.4 Å². The average molecular weight is 282 g/mol. The Balaban J connectivity index is 2.13. The van der Waals surface area contributed by atoms with E-state index in [0.29, 0.717) is 17.0 Å². The molecule has 0 spiro atoms. The van der Waals surface area contributed by atoms with Gasteiger partial charge in [-0.25, -0.2) is 0 Å². The van der Waals surface area contributed by atoms with Crippen molar-refractivity contribution in [2.45, 2.75) is 34.2 Å². The number of fused-ring (bicyclic) bond motifs is 1. The van der Waals surface area contributed by atoms with Gasteiger partial charge in [0.1, 0.15) is 0 Å². The number of hydrogen-bond acceptors (Lipinski definition) is 1. The number of epoxide rings is 1. The molecule has 1 saturated heterocycles. The molecule has 0 N–H and O–H groups in total. The fraction of sp³-hybridized carbons (Fsp3) is 0.750. The number of alkyl halides is 2. The van der Waals surface area contributed by atoms with Crippen LogP contribution in [0.2, 0.25) is 0 Å². The molecule has 0 aromatic rings. The van der Waals surface area contributed by atoms with E-state index < -0.39 is 0 Å². The molecule has 11 heavy (non-hydrogen) atoms. The van der Waals surface area contributed by atoms with E-state index in [1.807, 2.05) is 6.08 Å². The normalized spacial score (nSPS) is 54.9. The molecule has 4 unspecified atom stereocenters. The highest BCUT2D eigenvalue weighted by Crippen LogP contribution is 2.49. The molecule has 2 fully saturated rings. The predicted octanol–water partition coefficient (Wildman–Crippen LogP) is 2.63. The Hall–Kier alpha value is 0.660. The molecule has 1 heterocycles. The Bertz CT molecular complexity index is 195. The van der Waals surface area contributed by atoms with Gasteiger partial charge in [0.05, 0.1) is 16.5 Å². The molecule has 1 nitrogen and oxygen atoms in total. The van der Waals surface area contributed by atoms with Crippen LogP contribution in [0.4, 0.5) is 0 Å². The summed E-state index contributed by atoms with van der Waals surface area (Å²) in [5.74, 6) is 0. The van der Waals surface area contributed by atoms with Crippen LogP contribution in [0.15, 0.2) is 12.7 Å². The van der Waals surface area contributed by atoms with Gasteiger partial charge in [-0.2, -0.15) is 0 Å². The van der Waals surface area contributed by atoms with E-state index in [-0.39, 0.29) is 4.32 Å². The Morgan fingerprint density at radius 2 is 2.27 bits per heavy atom. The lowest BCUT2D eigenvalue weighted by atomic mass is 9.89. The van der Waals surface area contributed by atoms with Gasteiger partial charge in [0.25, 0.3) is 0 Å². The van der Waals surface area contributed by atoms with E-state index in [9.17, 15) is 0 Å². The standard InChI is InChI=1S/C8H10Br2O/c1-2-8(10)4-6-5(11-6)3-7(8)9/h2,5-7H,1,3-4H2. The summed E-state index contributed by atoms with van der Waals surface area (Å²) < 4.78 is 5.50. The van der Waals surface area contributed by atoms with Gasteiger partial charge >= 0.3 is 0 Å². The first-order chi connectivity index (χ1) is 5.15. The summed E-state index contributed by atoms with van der Waals surface area (Å²) in [6, 6.07) is 0. The molecular weight excluding hydrogens is 272 g/mol. The van der Waals surface area contributed by atoms with Gasteiger partial charge in [0.2, 0.25) is 0 Å². The summed E-state index contributed by atoms with van der Waals surface area (Å²) in [6.45, 7) is 3.83. The van der Waals surface area contributed by atoms with Crippen LogP contribution in [0.25, 0.3) is 0 Å². The van der Waals surface area contributed by atoms with Gasteiger partial charge in [-0.1, -0.05) is 37.9 Å². The van der Waals surface area contributed by atoms with Crippen molar-refractivity contribution in [1.82, 2.24) is 0 Å². The lowest BCUT2D eigenvalue weighted by molar-refractivity contribution is 0.372. The molecular formula is C8H10Br2O. The van der Waals surface area contributed by atoms with E-state index in [0.717, 1.165) is 12.8 Å². The predicted molar refractivity (Wildman–Crippen MR) is 52.5 cm³/mol. The lowest BCUT2D eigenvalue weighted by Crippen LogP contribution is -2.36. The molecule has 1 aliphatic heterocycles. The lowest BCUT2D eigenvalue weighted by Gasteiger charge is -2.31. The third-order valence-electron chi connectivity index (χ3n) is 2.50. The van der Waals surface area contributed by atoms with E-state index in [2.05, 4.69) is 38.4 Å². The molecule has 62 valence electrons. The maximum absolute atomic E-state index is 5.44. The van der Waals surface area contributed by atoms with E-state index >= 15 is 0 Å². The fourth-order valence-electron chi connectivity index (χ4n) is 1.61. The maximum atomic E-state index is 5.44. The summed E-state index contributed by atoms with van der Waals surface area (Å²) in [4.78, 5) is 0.469. The van der Waals surface area contributed by atoms with Gasteiger partial charge < -0.3 is 4.74 Å². The summed E-state index contributed by atoms with van der Waals surface area (Å²) >= 11 is 7.32. The minimum Gasteiger partial charge on any atom is -0.369 e. The maximum Gasteiger partial charge on any atom is 0.0859 e. The molecule has 0 aromatic heterocycles. The van der Waals surface area contributed by atoms with Gasteiger partial charge in [0.15, 0.2) is 0 Å². The second kappa shape index (κ2) is 2.57. The van der Waals surface area contributed by atoms with Gasteiger partial charge in [0, 0.05) is 4.83 Å². The van der Waals surface area contributed by atoms with Gasteiger partial charge in [-0.05, 0) is 12.8 Å². The van der Waals surface area contributed by atoms with Crippen LogP contribution in [0.3, 0.4) is 0 Å². The third kappa shape index (κ3) is 1.31. The molecule has 2 aliphatic rings. The summed E-state index contributed by atoms with van der Waals surface area (Å²) in [5.41, 5.74) is 0. The highest BCUT2D eigenvalue weighted by molar-refractivity contribution is 9.12. The molecule has 4 atom stereocenters. The van der Waals surface area contributed by atoms with Crippen LogP contribution in [-0.2, 0) is 4.74 Å². The minimum atomic E-state index is 0.0602. The van der Waals surface area contributed by atoms with Crippen LogP contribution in [0, 0.1) is 0 Å². The second-order valence-corrected chi connectivity index (χ2v) is 5.83. The molecule has 0 aromatic carbocycles. The Morgan fingerprint density at radius 3 is 2.91 bits per heavy atom. The van der Waals surface area contributed by atoms with E-state index in [4.69, 9.17) is 4.74 Å². The summed E-state index contributed by atoms with van der Waals surface area (Å²) in [6.07, 6.45) is 5.13. The highest BCUT2D eigenvalue weighted by Gasteiger charge is 2.52. The Morgan fingerprint density at radius 1 is 1.55 bits per heavy atom. The second-order valence-electron chi connectivity index (χ2n) is 3.25. The average Bonchev–Trinajstić information content (AvgIpc) is 2.67. The van der Waals surface area contributed by atoms with Crippen LogP contribution in [0.5, 0.6) is 0 Å². The van der Waals surface area contributed by atoms with Crippen molar-refractivity contribution in [2.75, 3.05) is 0 Å². The van der Waals surface area contributed by atoms with Crippen molar-refractivity contribution in [3.8, 4) is 0 Å². The monoisotopic (exact) mass is 280 g/mol. The number of hydrogen-bond donors (Lipinski definition) is 0. The van der Waals surface area contributed by atoms with Crippen molar-refractivity contribution in [1.29, 1.82) is 0 Å². The SMILES string of the molecule is C=CC1(Br)CC2OC2CC1Br. The highest BCUT2D eigenvalue weighted by atomic mass is 79.9. The van der Waals surface area contributed by atoms with Gasteiger partial charge in [-0.3, -0.25) is 0 Å². The quantitative estimate of drug-likeness (QED) is 0.409. The van der Waals surface area contributed by atoms with Crippen LogP contribution >= 0.6 is 31.9 Å². The minimum absolute atomic E-state index is 0.0602. The zero-order chi connectivity index (χ0) is 8.06. The summed E-state index contributed by atoms with van der Waals surface area (Å²) in [5, 5.41) is 0. The third-order valence-corrected chi connectivity index (χ3v) is 5.51. The Kier molecular flexibility index (Phi) is 1.93. The molecule has 0 bridgehead atoms. The molecule has 1 saturated carbocycles. The topological polar surface area (TPSA) is 12.5 Å². The molecule has 2 rings (SSSR count). The van der Waals surface area contributed by atoms with Crippen LogP contribution < -0.4 is 0 Å². The van der Waals surface area contributed by atoms with Crippen molar-refractivity contribution in [2.24, 2.45) is 0 Å². The fourth-order valence-corrected chi connectivity index (χ4v) is 2.86.